The molecule has 0 spiro atoms. The summed E-state index contributed by atoms with van der Waals surface area (Å²) in [6.45, 7) is 4.06. The van der Waals surface area contributed by atoms with Crippen molar-refractivity contribution in [1.82, 2.24) is 0 Å². The summed E-state index contributed by atoms with van der Waals surface area (Å²) < 4.78 is 25.1. The van der Waals surface area contributed by atoms with Crippen molar-refractivity contribution >= 4 is 24.0 Å². The van der Waals surface area contributed by atoms with Crippen LogP contribution in [0, 0.1) is 0 Å². The summed E-state index contributed by atoms with van der Waals surface area (Å²) in [5, 5.41) is 0. The lowest BCUT2D eigenvalue weighted by atomic mass is 10.2. The fourth-order valence-corrected chi connectivity index (χ4v) is 2.48. The highest BCUT2D eigenvalue weighted by Gasteiger charge is 2.13. The fraction of sp³-hybridized carbons (Fsp3) is 0.435. The van der Waals surface area contributed by atoms with Crippen LogP contribution in [0.4, 0.5) is 0 Å². The van der Waals surface area contributed by atoms with Crippen LogP contribution in [-0.2, 0) is 28.6 Å². The molecule has 8 nitrogen and oxygen atoms in total. The zero-order chi connectivity index (χ0) is 23.1. The van der Waals surface area contributed by atoms with Gasteiger partial charge in [0.1, 0.15) is 0 Å². The summed E-state index contributed by atoms with van der Waals surface area (Å²) in [5.41, 5.74) is 0.860. The maximum absolute atomic E-state index is 11.8. The fourth-order valence-electron chi connectivity index (χ4n) is 2.48. The van der Waals surface area contributed by atoms with Gasteiger partial charge in [0, 0.05) is 11.6 Å². The number of hydrogen-bond acceptors (Lipinski definition) is 8. The van der Waals surface area contributed by atoms with Gasteiger partial charge in [-0.25, -0.2) is 9.59 Å². The molecule has 0 fully saturated rings. The second kappa shape index (κ2) is 14.7. The van der Waals surface area contributed by atoms with Crippen molar-refractivity contribution < 1.29 is 38.1 Å². The predicted octanol–water partition coefficient (Wildman–Crippen LogP) is 3.48. The van der Waals surface area contributed by atoms with Gasteiger partial charge in [0.2, 0.25) is 0 Å². The Bertz CT molecular complexity index is 782. The van der Waals surface area contributed by atoms with Gasteiger partial charge in [-0.05, 0) is 49.5 Å². The molecule has 0 amide bonds. The Hall–Kier alpha value is -3.29. The number of unbranched alkanes of at least 4 members (excludes halogenated alkanes) is 3. The summed E-state index contributed by atoms with van der Waals surface area (Å²) in [6.07, 6.45) is 5.85. The van der Waals surface area contributed by atoms with Crippen molar-refractivity contribution in [3.63, 3.8) is 0 Å². The largest absolute Gasteiger partial charge is 0.493 e. The lowest BCUT2D eigenvalue weighted by molar-refractivity contribution is -0.144. The molecule has 1 rings (SSSR count). The third-order valence-electron chi connectivity index (χ3n) is 4.21. The summed E-state index contributed by atoms with van der Waals surface area (Å²) in [5.74, 6) is -0.358. The molecule has 0 aliphatic rings. The van der Waals surface area contributed by atoms with E-state index in [9.17, 15) is 14.4 Å². The van der Waals surface area contributed by atoms with Gasteiger partial charge in [0.15, 0.2) is 11.5 Å². The van der Waals surface area contributed by atoms with Crippen molar-refractivity contribution in [3.8, 4) is 11.5 Å². The molecule has 0 N–H and O–H groups in total. The third kappa shape index (κ3) is 10.3. The Morgan fingerprint density at radius 2 is 1.55 bits per heavy atom. The topological polar surface area (TPSA) is 97.4 Å². The molecular formula is C23H30O8. The van der Waals surface area contributed by atoms with Gasteiger partial charge in [-0.3, -0.25) is 4.79 Å². The Balaban J connectivity index is 2.15. The van der Waals surface area contributed by atoms with Crippen LogP contribution in [0.3, 0.4) is 0 Å². The first-order chi connectivity index (χ1) is 14.9. The SMILES string of the molecule is C=C(CC(=O)OC)C(=O)OCCCCCCOC(=O)/C=C/c1ccc(OC)c(OC)c1. The Morgan fingerprint density at radius 1 is 0.903 bits per heavy atom. The molecule has 0 unspecified atom stereocenters. The number of carbonyl (C=O) groups is 3. The van der Waals surface area contributed by atoms with E-state index in [4.69, 9.17) is 18.9 Å². The molecular weight excluding hydrogens is 404 g/mol. The van der Waals surface area contributed by atoms with E-state index in [0.717, 1.165) is 18.4 Å². The minimum atomic E-state index is -0.597. The average molecular weight is 434 g/mol. The van der Waals surface area contributed by atoms with Crippen LogP contribution in [0.1, 0.15) is 37.7 Å². The van der Waals surface area contributed by atoms with E-state index < -0.39 is 17.9 Å². The Kier molecular flexibility index (Phi) is 12.2. The summed E-state index contributed by atoms with van der Waals surface area (Å²) in [4.78, 5) is 34.5. The number of esters is 3. The minimum absolute atomic E-state index is 0.0694. The first kappa shape index (κ1) is 25.7. The van der Waals surface area contributed by atoms with Gasteiger partial charge in [0.25, 0.3) is 0 Å². The van der Waals surface area contributed by atoms with Gasteiger partial charge >= 0.3 is 17.9 Å². The zero-order valence-corrected chi connectivity index (χ0v) is 18.3. The summed E-state index contributed by atoms with van der Waals surface area (Å²) in [7, 11) is 4.35. The molecule has 1 aromatic rings. The highest BCUT2D eigenvalue weighted by molar-refractivity contribution is 5.93. The van der Waals surface area contributed by atoms with E-state index >= 15 is 0 Å². The second-order valence-corrected chi connectivity index (χ2v) is 6.52. The van der Waals surface area contributed by atoms with Crippen molar-refractivity contribution in [2.45, 2.75) is 32.1 Å². The maximum Gasteiger partial charge on any atom is 0.333 e. The van der Waals surface area contributed by atoms with Gasteiger partial charge < -0.3 is 23.7 Å². The Labute approximate surface area is 182 Å². The van der Waals surface area contributed by atoms with E-state index in [2.05, 4.69) is 11.3 Å². The summed E-state index contributed by atoms with van der Waals surface area (Å²) in [6, 6.07) is 5.33. The minimum Gasteiger partial charge on any atom is -0.493 e. The summed E-state index contributed by atoms with van der Waals surface area (Å²) >= 11 is 0. The number of methoxy groups -OCH3 is 3. The van der Waals surface area contributed by atoms with Crippen molar-refractivity contribution in [2.24, 2.45) is 0 Å². The maximum atomic E-state index is 11.8. The number of rotatable bonds is 14. The van der Waals surface area contributed by atoms with Crippen LogP contribution in [-0.4, -0.2) is 52.5 Å². The van der Waals surface area contributed by atoms with Crippen LogP contribution in [0.5, 0.6) is 11.5 Å². The van der Waals surface area contributed by atoms with E-state index in [0.29, 0.717) is 30.9 Å². The number of ether oxygens (including phenoxy) is 5. The van der Waals surface area contributed by atoms with E-state index in [1.807, 2.05) is 6.07 Å². The first-order valence-electron chi connectivity index (χ1n) is 9.89. The van der Waals surface area contributed by atoms with Crippen molar-refractivity contribution in [3.05, 3.63) is 42.0 Å². The second-order valence-electron chi connectivity index (χ2n) is 6.52. The molecule has 0 aliphatic heterocycles. The standard InChI is InChI=1S/C23H30O8/c1-17(15-22(25)29-4)23(26)31-14-8-6-5-7-13-30-21(24)12-10-18-9-11-19(27-2)20(16-18)28-3/h9-12,16H,1,5-8,13-15H2,2-4H3/b12-10+. The smallest absolute Gasteiger partial charge is 0.333 e. The van der Waals surface area contributed by atoms with Crippen LogP contribution >= 0.6 is 0 Å². The zero-order valence-electron chi connectivity index (χ0n) is 18.3. The lowest BCUT2D eigenvalue weighted by Gasteiger charge is -2.07. The number of hydrogen-bond donors (Lipinski definition) is 0. The van der Waals surface area contributed by atoms with Gasteiger partial charge in [-0.2, -0.15) is 0 Å². The van der Waals surface area contributed by atoms with E-state index in [1.54, 1.807) is 32.4 Å². The molecule has 31 heavy (non-hydrogen) atoms. The Morgan fingerprint density at radius 3 is 2.16 bits per heavy atom. The molecule has 0 bridgehead atoms. The molecule has 0 atom stereocenters. The molecule has 0 heterocycles. The van der Waals surface area contributed by atoms with Crippen LogP contribution < -0.4 is 9.47 Å². The van der Waals surface area contributed by atoms with Crippen molar-refractivity contribution in [2.75, 3.05) is 34.5 Å². The molecule has 1 aromatic carbocycles. The van der Waals surface area contributed by atoms with Crippen molar-refractivity contribution in [1.29, 1.82) is 0 Å². The highest BCUT2D eigenvalue weighted by atomic mass is 16.5. The quantitative estimate of drug-likeness (QED) is 0.190. The predicted molar refractivity (Wildman–Crippen MR) is 115 cm³/mol. The van der Waals surface area contributed by atoms with Gasteiger partial charge in [-0.15, -0.1) is 0 Å². The van der Waals surface area contributed by atoms with Gasteiger partial charge in [-0.1, -0.05) is 12.6 Å². The number of carbonyl (C=O) groups excluding carboxylic acids is 3. The van der Waals surface area contributed by atoms with E-state index in [1.165, 1.54) is 13.2 Å². The number of benzene rings is 1. The normalized spacial score (nSPS) is 10.4. The molecule has 0 aromatic heterocycles. The average Bonchev–Trinajstić information content (AvgIpc) is 2.78. The molecule has 8 heteroatoms. The highest BCUT2D eigenvalue weighted by Crippen LogP contribution is 2.27. The van der Waals surface area contributed by atoms with Crippen LogP contribution in [0.2, 0.25) is 0 Å². The molecule has 0 aliphatic carbocycles. The third-order valence-corrected chi connectivity index (χ3v) is 4.21. The van der Waals surface area contributed by atoms with Crippen LogP contribution in [0.15, 0.2) is 36.4 Å². The van der Waals surface area contributed by atoms with Gasteiger partial charge in [0.05, 0.1) is 41.0 Å². The lowest BCUT2D eigenvalue weighted by Crippen LogP contribution is -2.12. The van der Waals surface area contributed by atoms with Crippen LogP contribution in [0.25, 0.3) is 6.08 Å². The first-order valence-corrected chi connectivity index (χ1v) is 9.89. The monoisotopic (exact) mass is 434 g/mol. The molecule has 0 saturated heterocycles. The molecule has 170 valence electrons. The molecule has 0 saturated carbocycles. The van der Waals surface area contributed by atoms with E-state index in [-0.39, 0.29) is 18.6 Å². The molecule has 0 radical (unpaired) electrons.